The van der Waals surface area contributed by atoms with E-state index in [1.165, 1.54) is 6.42 Å². The topological polar surface area (TPSA) is 76.7 Å². The summed E-state index contributed by atoms with van der Waals surface area (Å²) in [5, 5.41) is 5.92. The van der Waals surface area contributed by atoms with E-state index < -0.39 is 6.10 Å². The van der Waals surface area contributed by atoms with Crippen LogP contribution in [0.3, 0.4) is 0 Å². The molecule has 1 aliphatic carbocycles. The third-order valence-electron chi connectivity index (χ3n) is 5.11. The number of benzene rings is 2. The predicted molar refractivity (Wildman–Crippen MR) is 112 cm³/mol. The number of anilines is 1. The molecule has 2 aromatic carbocycles. The van der Waals surface area contributed by atoms with Crippen molar-refractivity contribution >= 4 is 17.5 Å². The highest BCUT2D eigenvalue weighted by Gasteiger charge is 2.21. The maximum atomic E-state index is 12.7. The van der Waals surface area contributed by atoms with Crippen LogP contribution in [0.2, 0.25) is 0 Å². The van der Waals surface area contributed by atoms with E-state index >= 15 is 0 Å². The molecule has 2 N–H and O–H groups in total. The Morgan fingerprint density at radius 1 is 0.966 bits per heavy atom. The average Bonchev–Trinajstić information content (AvgIpc) is 2.75. The van der Waals surface area contributed by atoms with E-state index in [4.69, 9.17) is 9.47 Å². The normalized spacial score (nSPS) is 15.2. The van der Waals surface area contributed by atoms with E-state index in [0.29, 0.717) is 22.7 Å². The lowest BCUT2D eigenvalue weighted by atomic mass is 9.95. The third-order valence-corrected chi connectivity index (χ3v) is 5.11. The van der Waals surface area contributed by atoms with Crippen molar-refractivity contribution in [1.82, 2.24) is 5.32 Å². The van der Waals surface area contributed by atoms with Crippen LogP contribution in [-0.4, -0.2) is 31.1 Å². The molecule has 1 saturated carbocycles. The average molecular weight is 396 g/mol. The van der Waals surface area contributed by atoms with E-state index in [-0.39, 0.29) is 17.9 Å². The van der Waals surface area contributed by atoms with Crippen LogP contribution in [-0.2, 0) is 4.79 Å². The summed E-state index contributed by atoms with van der Waals surface area (Å²) in [6.45, 7) is 1.67. The zero-order chi connectivity index (χ0) is 20.6. The van der Waals surface area contributed by atoms with Gasteiger partial charge in [0.15, 0.2) is 6.10 Å². The summed E-state index contributed by atoms with van der Waals surface area (Å²) in [6, 6.07) is 14.3. The van der Waals surface area contributed by atoms with Crippen LogP contribution >= 0.6 is 0 Å². The summed E-state index contributed by atoms with van der Waals surface area (Å²) < 4.78 is 10.8. The highest BCUT2D eigenvalue weighted by molar-refractivity contribution is 6.04. The first-order valence-electron chi connectivity index (χ1n) is 10.1. The summed E-state index contributed by atoms with van der Waals surface area (Å²) in [4.78, 5) is 25.3. The minimum atomic E-state index is -0.724. The van der Waals surface area contributed by atoms with Gasteiger partial charge in [-0.15, -0.1) is 0 Å². The molecule has 0 unspecified atom stereocenters. The van der Waals surface area contributed by atoms with Crippen molar-refractivity contribution in [3.63, 3.8) is 0 Å². The highest BCUT2D eigenvalue weighted by atomic mass is 16.5. The Bertz CT molecular complexity index is 829. The molecular weight excluding hydrogens is 368 g/mol. The smallest absolute Gasteiger partial charge is 0.265 e. The van der Waals surface area contributed by atoms with Crippen molar-refractivity contribution in [2.45, 2.75) is 51.2 Å². The summed E-state index contributed by atoms with van der Waals surface area (Å²) in [7, 11) is 1.59. The van der Waals surface area contributed by atoms with Crippen molar-refractivity contribution in [2.75, 3.05) is 12.4 Å². The second-order valence-corrected chi connectivity index (χ2v) is 7.28. The van der Waals surface area contributed by atoms with Gasteiger partial charge >= 0.3 is 0 Å². The van der Waals surface area contributed by atoms with Gasteiger partial charge in [0.2, 0.25) is 0 Å². The molecule has 1 aliphatic rings. The molecule has 0 radical (unpaired) electrons. The minimum Gasteiger partial charge on any atom is -0.497 e. The minimum absolute atomic E-state index is 0.156. The summed E-state index contributed by atoms with van der Waals surface area (Å²) in [5.41, 5.74) is 0.944. The number of methoxy groups -OCH3 is 1. The molecule has 1 fully saturated rings. The quantitative estimate of drug-likeness (QED) is 0.737. The molecule has 0 saturated heterocycles. The number of nitrogens with one attached hydrogen (secondary N) is 2. The molecule has 6 nitrogen and oxygen atoms in total. The summed E-state index contributed by atoms with van der Waals surface area (Å²) in [6.07, 6.45) is 4.80. The van der Waals surface area contributed by atoms with Gasteiger partial charge in [-0.3, -0.25) is 9.59 Å². The van der Waals surface area contributed by atoms with Crippen molar-refractivity contribution in [1.29, 1.82) is 0 Å². The molecule has 154 valence electrons. The predicted octanol–water partition coefficient (Wildman–Crippen LogP) is 4.16. The molecule has 2 aromatic rings. The van der Waals surface area contributed by atoms with Gasteiger partial charge < -0.3 is 20.1 Å². The molecule has 1 atom stereocenters. The molecule has 29 heavy (non-hydrogen) atoms. The van der Waals surface area contributed by atoms with Crippen LogP contribution in [0.15, 0.2) is 48.5 Å². The van der Waals surface area contributed by atoms with Crippen LogP contribution in [0.4, 0.5) is 5.69 Å². The Morgan fingerprint density at radius 3 is 2.31 bits per heavy atom. The van der Waals surface area contributed by atoms with Gasteiger partial charge in [0.25, 0.3) is 11.8 Å². The third kappa shape index (κ3) is 5.73. The Balaban J connectivity index is 1.62. The first kappa shape index (κ1) is 20.7. The SMILES string of the molecule is COc1ccc(O[C@@H](C)C(=O)Nc2ccccc2C(=O)NC2CCCCC2)cc1. The zero-order valence-corrected chi connectivity index (χ0v) is 16.9. The Morgan fingerprint density at radius 2 is 1.62 bits per heavy atom. The Labute approximate surface area is 171 Å². The van der Waals surface area contributed by atoms with Gasteiger partial charge in [0.05, 0.1) is 18.4 Å². The van der Waals surface area contributed by atoms with Gasteiger partial charge in [-0.25, -0.2) is 0 Å². The molecule has 0 aliphatic heterocycles. The molecule has 0 spiro atoms. The molecular formula is C23H28N2O4. The first-order valence-corrected chi connectivity index (χ1v) is 10.1. The standard InChI is InChI=1S/C23H28N2O4/c1-16(29-19-14-12-18(28-2)13-15-19)22(26)25-21-11-7-6-10-20(21)23(27)24-17-8-4-3-5-9-17/h6-7,10-17H,3-5,8-9H2,1-2H3,(H,24,27)(H,25,26)/t16-/m0/s1. The molecule has 0 bridgehead atoms. The van der Waals surface area contributed by atoms with Gasteiger partial charge in [0, 0.05) is 6.04 Å². The number of hydrogen-bond donors (Lipinski definition) is 2. The number of para-hydroxylation sites is 1. The molecule has 0 heterocycles. The fourth-order valence-electron chi connectivity index (χ4n) is 3.45. The maximum Gasteiger partial charge on any atom is 0.265 e. The number of amides is 2. The van der Waals surface area contributed by atoms with E-state index in [0.717, 1.165) is 25.7 Å². The van der Waals surface area contributed by atoms with Crippen LogP contribution in [0.5, 0.6) is 11.5 Å². The number of rotatable bonds is 7. The second-order valence-electron chi connectivity index (χ2n) is 7.28. The molecule has 2 amide bonds. The molecule has 6 heteroatoms. The monoisotopic (exact) mass is 396 g/mol. The van der Waals surface area contributed by atoms with Gasteiger partial charge in [-0.1, -0.05) is 31.4 Å². The maximum absolute atomic E-state index is 12.7. The second kappa shape index (κ2) is 9.96. The summed E-state index contributed by atoms with van der Waals surface area (Å²) >= 11 is 0. The number of carbonyl (C=O) groups excluding carboxylic acids is 2. The largest absolute Gasteiger partial charge is 0.497 e. The van der Waals surface area contributed by atoms with Crippen LogP contribution in [0.1, 0.15) is 49.4 Å². The fourth-order valence-corrected chi connectivity index (χ4v) is 3.45. The molecule has 3 rings (SSSR count). The van der Waals surface area contributed by atoms with Crippen molar-refractivity contribution in [3.8, 4) is 11.5 Å². The highest BCUT2D eigenvalue weighted by Crippen LogP contribution is 2.21. The number of hydrogen-bond acceptors (Lipinski definition) is 4. The Kier molecular flexibility index (Phi) is 7.11. The van der Waals surface area contributed by atoms with Gasteiger partial charge in [-0.05, 0) is 56.2 Å². The first-order chi connectivity index (χ1) is 14.1. The number of carbonyl (C=O) groups is 2. The lowest BCUT2D eigenvalue weighted by molar-refractivity contribution is -0.122. The van der Waals surface area contributed by atoms with Gasteiger partial charge in [-0.2, -0.15) is 0 Å². The fraction of sp³-hybridized carbons (Fsp3) is 0.391. The van der Waals surface area contributed by atoms with E-state index in [2.05, 4.69) is 10.6 Å². The molecule has 0 aromatic heterocycles. The Hall–Kier alpha value is -3.02. The van der Waals surface area contributed by atoms with Crippen molar-refractivity contribution < 1.29 is 19.1 Å². The van der Waals surface area contributed by atoms with Crippen LogP contribution in [0.25, 0.3) is 0 Å². The zero-order valence-electron chi connectivity index (χ0n) is 16.9. The lowest BCUT2D eigenvalue weighted by Crippen LogP contribution is -2.37. The van der Waals surface area contributed by atoms with E-state index in [1.54, 1.807) is 62.6 Å². The summed E-state index contributed by atoms with van der Waals surface area (Å²) in [5.74, 6) is 0.805. The van der Waals surface area contributed by atoms with Gasteiger partial charge in [0.1, 0.15) is 11.5 Å². The van der Waals surface area contributed by atoms with Crippen LogP contribution in [0, 0.1) is 0 Å². The lowest BCUT2D eigenvalue weighted by Gasteiger charge is -2.23. The van der Waals surface area contributed by atoms with Crippen molar-refractivity contribution in [2.24, 2.45) is 0 Å². The number of ether oxygens (including phenoxy) is 2. The van der Waals surface area contributed by atoms with Crippen molar-refractivity contribution in [3.05, 3.63) is 54.1 Å². The van der Waals surface area contributed by atoms with E-state index in [9.17, 15) is 9.59 Å². The van der Waals surface area contributed by atoms with E-state index in [1.807, 2.05) is 0 Å². The van der Waals surface area contributed by atoms with Crippen LogP contribution < -0.4 is 20.1 Å².